The maximum Gasteiger partial charge on any atom is -0.000654 e. The summed E-state index contributed by atoms with van der Waals surface area (Å²) in [5.74, 6) is 0.740. The molecule has 2 nitrogen and oxygen atoms in total. The molecule has 0 N–H and O–H groups in total. The van der Waals surface area contributed by atoms with Gasteiger partial charge >= 0.3 is 0 Å². The highest BCUT2D eigenvalue weighted by Crippen LogP contribution is 2.33. The molecule has 2 heterocycles. The monoisotopic (exact) mass is 336 g/mol. The summed E-state index contributed by atoms with van der Waals surface area (Å²) < 4.78 is 0. The SMILES string of the molecule is c1ccc2c(C3CCN(CCCN4CCCCC4)CC3)cccc2c1. The van der Waals surface area contributed by atoms with Crippen LogP contribution >= 0.6 is 0 Å². The summed E-state index contributed by atoms with van der Waals surface area (Å²) in [6.07, 6.45) is 8.25. The van der Waals surface area contributed by atoms with Gasteiger partial charge in [-0.3, -0.25) is 0 Å². The molecule has 2 fully saturated rings. The quantitative estimate of drug-likeness (QED) is 0.766. The highest BCUT2D eigenvalue weighted by Gasteiger charge is 2.21. The Morgan fingerprint density at radius 1 is 0.720 bits per heavy atom. The van der Waals surface area contributed by atoms with Crippen LogP contribution in [0.2, 0.25) is 0 Å². The maximum atomic E-state index is 2.70. The highest BCUT2D eigenvalue weighted by atomic mass is 15.1. The third kappa shape index (κ3) is 4.24. The van der Waals surface area contributed by atoms with E-state index >= 15 is 0 Å². The van der Waals surface area contributed by atoms with Gasteiger partial charge in [-0.25, -0.2) is 0 Å². The van der Waals surface area contributed by atoms with E-state index in [0.717, 1.165) is 5.92 Å². The second-order valence-electron chi connectivity index (χ2n) is 7.94. The van der Waals surface area contributed by atoms with Crippen LogP contribution in [0, 0.1) is 0 Å². The minimum absolute atomic E-state index is 0.740. The molecule has 0 bridgehead atoms. The highest BCUT2D eigenvalue weighted by molar-refractivity contribution is 5.86. The molecule has 2 aliphatic rings. The van der Waals surface area contributed by atoms with E-state index in [0.29, 0.717) is 0 Å². The molecule has 2 aromatic carbocycles. The van der Waals surface area contributed by atoms with Crippen molar-refractivity contribution in [2.75, 3.05) is 39.3 Å². The standard InChI is InChI=1S/C23H32N2/c1-4-14-24(15-5-1)16-7-17-25-18-12-21(13-19-25)23-11-6-9-20-8-2-3-10-22(20)23/h2-3,6,8-11,21H,1,4-5,7,12-19H2. The summed E-state index contributed by atoms with van der Waals surface area (Å²) in [4.78, 5) is 5.37. The van der Waals surface area contributed by atoms with Gasteiger partial charge in [0.2, 0.25) is 0 Å². The molecule has 0 aliphatic carbocycles. The van der Waals surface area contributed by atoms with Crippen molar-refractivity contribution in [1.82, 2.24) is 9.80 Å². The third-order valence-electron chi connectivity index (χ3n) is 6.25. The summed E-state index contributed by atoms with van der Waals surface area (Å²) in [6, 6.07) is 15.7. The Balaban J connectivity index is 1.28. The summed E-state index contributed by atoms with van der Waals surface area (Å²) in [7, 11) is 0. The lowest BCUT2D eigenvalue weighted by Crippen LogP contribution is -2.36. The largest absolute Gasteiger partial charge is 0.303 e. The van der Waals surface area contributed by atoms with E-state index in [9.17, 15) is 0 Å². The van der Waals surface area contributed by atoms with Gasteiger partial charge in [0, 0.05) is 0 Å². The van der Waals surface area contributed by atoms with Crippen molar-refractivity contribution in [1.29, 1.82) is 0 Å². The van der Waals surface area contributed by atoms with E-state index in [1.54, 1.807) is 5.56 Å². The molecule has 0 spiro atoms. The van der Waals surface area contributed by atoms with E-state index in [-0.39, 0.29) is 0 Å². The van der Waals surface area contributed by atoms with Crippen LogP contribution in [-0.2, 0) is 0 Å². The first-order chi connectivity index (χ1) is 12.4. The lowest BCUT2D eigenvalue weighted by atomic mass is 9.86. The van der Waals surface area contributed by atoms with E-state index < -0.39 is 0 Å². The van der Waals surface area contributed by atoms with Crippen molar-refractivity contribution in [3.63, 3.8) is 0 Å². The van der Waals surface area contributed by atoms with Crippen LogP contribution in [0.15, 0.2) is 42.5 Å². The number of rotatable bonds is 5. The van der Waals surface area contributed by atoms with Crippen LogP contribution in [-0.4, -0.2) is 49.1 Å². The molecule has 2 aromatic rings. The lowest BCUT2D eigenvalue weighted by Gasteiger charge is -2.33. The molecule has 2 heteroatoms. The average Bonchev–Trinajstić information content (AvgIpc) is 2.69. The van der Waals surface area contributed by atoms with E-state index in [1.807, 2.05) is 0 Å². The molecular formula is C23H32N2. The molecular weight excluding hydrogens is 304 g/mol. The zero-order valence-electron chi connectivity index (χ0n) is 15.5. The van der Waals surface area contributed by atoms with Gasteiger partial charge in [0.25, 0.3) is 0 Å². The first-order valence-electron chi connectivity index (χ1n) is 10.3. The van der Waals surface area contributed by atoms with Gasteiger partial charge in [0.1, 0.15) is 0 Å². The first-order valence-corrected chi connectivity index (χ1v) is 10.3. The normalized spacial score (nSPS) is 21.0. The topological polar surface area (TPSA) is 6.48 Å². The van der Waals surface area contributed by atoms with E-state index in [2.05, 4.69) is 52.3 Å². The van der Waals surface area contributed by atoms with Crippen LogP contribution in [0.5, 0.6) is 0 Å². The predicted molar refractivity (Wildman–Crippen MR) is 107 cm³/mol. The lowest BCUT2D eigenvalue weighted by molar-refractivity contribution is 0.181. The fourth-order valence-corrected chi connectivity index (χ4v) is 4.77. The Bertz CT molecular complexity index is 661. The van der Waals surface area contributed by atoms with E-state index in [4.69, 9.17) is 0 Å². The van der Waals surface area contributed by atoms with Crippen molar-refractivity contribution in [3.05, 3.63) is 48.0 Å². The molecule has 2 saturated heterocycles. The van der Waals surface area contributed by atoms with Gasteiger partial charge in [-0.05, 0) is 93.6 Å². The van der Waals surface area contributed by atoms with Gasteiger partial charge in [0.15, 0.2) is 0 Å². The molecule has 4 rings (SSSR count). The first kappa shape index (κ1) is 17.1. The van der Waals surface area contributed by atoms with Gasteiger partial charge in [-0.1, -0.05) is 48.9 Å². The summed E-state index contributed by atoms with van der Waals surface area (Å²) >= 11 is 0. The molecule has 0 saturated carbocycles. The number of piperidine rings is 2. The average molecular weight is 337 g/mol. The number of fused-ring (bicyclic) bond motifs is 1. The van der Waals surface area contributed by atoms with Crippen molar-refractivity contribution in [2.45, 2.75) is 44.4 Å². The number of benzene rings is 2. The van der Waals surface area contributed by atoms with Crippen molar-refractivity contribution in [3.8, 4) is 0 Å². The van der Waals surface area contributed by atoms with Crippen molar-refractivity contribution < 1.29 is 0 Å². The number of likely N-dealkylation sites (tertiary alicyclic amines) is 2. The molecule has 134 valence electrons. The zero-order chi connectivity index (χ0) is 16.9. The fraction of sp³-hybridized carbons (Fsp3) is 0.565. The minimum atomic E-state index is 0.740. The molecule has 0 atom stereocenters. The molecule has 0 amide bonds. The Morgan fingerprint density at radius 2 is 1.40 bits per heavy atom. The third-order valence-corrected chi connectivity index (χ3v) is 6.25. The second-order valence-corrected chi connectivity index (χ2v) is 7.94. The molecule has 25 heavy (non-hydrogen) atoms. The predicted octanol–water partition coefficient (Wildman–Crippen LogP) is 4.90. The fourth-order valence-electron chi connectivity index (χ4n) is 4.77. The van der Waals surface area contributed by atoms with E-state index in [1.165, 1.54) is 88.6 Å². The van der Waals surface area contributed by atoms with Gasteiger partial charge in [-0.15, -0.1) is 0 Å². The van der Waals surface area contributed by atoms with Crippen molar-refractivity contribution >= 4 is 10.8 Å². The number of hydrogen-bond acceptors (Lipinski definition) is 2. The summed E-state index contributed by atoms with van der Waals surface area (Å²) in [5, 5.41) is 2.86. The van der Waals surface area contributed by atoms with Gasteiger partial charge < -0.3 is 9.80 Å². The van der Waals surface area contributed by atoms with Crippen LogP contribution in [0.25, 0.3) is 10.8 Å². The summed E-state index contributed by atoms with van der Waals surface area (Å²) in [6.45, 7) is 7.82. The second kappa shape index (κ2) is 8.33. The van der Waals surface area contributed by atoms with Gasteiger partial charge in [0.05, 0.1) is 0 Å². The number of nitrogens with zero attached hydrogens (tertiary/aromatic N) is 2. The number of hydrogen-bond donors (Lipinski definition) is 0. The van der Waals surface area contributed by atoms with Gasteiger partial charge in [-0.2, -0.15) is 0 Å². The van der Waals surface area contributed by atoms with Crippen LogP contribution < -0.4 is 0 Å². The Hall–Kier alpha value is -1.38. The maximum absolute atomic E-state index is 2.70. The smallest absolute Gasteiger partial charge is 0.000654 e. The molecule has 2 aliphatic heterocycles. The Morgan fingerprint density at radius 3 is 2.20 bits per heavy atom. The van der Waals surface area contributed by atoms with Crippen LogP contribution in [0.1, 0.15) is 50.0 Å². The van der Waals surface area contributed by atoms with Crippen LogP contribution in [0.3, 0.4) is 0 Å². The zero-order valence-corrected chi connectivity index (χ0v) is 15.5. The minimum Gasteiger partial charge on any atom is -0.303 e. The molecule has 0 unspecified atom stereocenters. The molecule has 0 aromatic heterocycles. The molecule has 0 radical (unpaired) electrons. The van der Waals surface area contributed by atoms with Crippen LogP contribution in [0.4, 0.5) is 0 Å². The Labute approximate surface area is 152 Å². The summed E-state index contributed by atoms with van der Waals surface area (Å²) in [5.41, 5.74) is 1.58. The van der Waals surface area contributed by atoms with Crippen molar-refractivity contribution in [2.24, 2.45) is 0 Å². The Kier molecular flexibility index (Phi) is 5.68.